The number of nitrogens with zero attached hydrogens (tertiary/aromatic N) is 2. The quantitative estimate of drug-likeness (QED) is 0.925. The Morgan fingerprint density at radius 3 is 2.75 bits per heavy atom. The molecule has 1 aromatic heterocycles. The summed E-state index contributed by atoms with van der Waals surface area (Å²) in [7, 11) is 1.93. The average molecular weight is 332 g/mol. The smallest absolute Gasteiger partial charge is 0.120 e. The second-order valence-corrected chi connectivity index (χ2v) is 5.88. The van der Waals surface area contributed by atoms with Crippen molar-refractivity contribution in [3.05, 3.63) is 57.3 Å². The first-order valence-electron chi connectivity index (χ1n) is 6.57. The molecule has 20 heavy (non-hydrogen) atoms. The van der Waals surface area contributed by atoms with Gasteiger partial charge in [0, 0.05) is 29.8 Å². The van der Waals surface area contributed by atoms with Crippen molar-refractivity contribution in [2.75, 3.05) is 0 Å². The van der Waals surface area contributed by atoms with Crippen LogP contribution in [0, 0.1) is 18.3 Å². The summed E-state index contributed by atoms with van der Waals surface area (Å²) < 4.78 is 3.02. The topological polar surface area (TPSA) is 40.8 Å². The molecule has 0 aliphatic carbocycles. The van der Waals surface area contributed by atoms with Crippen molar-refractivity contribution in [1.82, 2.24) is 9.88 Å². The van der Waals surface area contributed by atoms with E-state index in [1.807, 2.05) is 36.7 Å². The zero-order valence-electron chi connectivity index (χ0n) is 11.9. The van der Waals surface area contributed by atoms with E-state index >= 15 is 0 Å². The van der Waals surface area contributed by atoms with E-state index in [0.717, 1.165) is 16.7 Å². The maximum Gasteiger partial charge on any atom is 0.120 e. The fraction of sp³-hybridized carbons (Fsp3) is 0.312. The van der Waals surface area contributed by atoms with Crippen LogP contribution < -0.4 is 5.32 Å². The highest BCUT2D eigenvalue weighted by Gasteiger charge is 2.10. The maximum absolute atomic E-state index is 9.05. The lowest BCUT2D eigenvalue weighted by Gasteiger charge is -2.14. The molecule has 2 aromatic rings. The van der Waals surface area contributed by atoms with Crippen LogP contribution in [0.15, 0.2) is 34.8 Å². The minimum atomic E-state index is 0.262. The third kappa shape index (κ3) is 3.12. The van der Waals surface area contributed by atoms with E-state index < -0.39 is 0 Å². The highest BCUT2D eigenvalue weighted by atomic mass is 79.9. The summed E-state index contributed by atoms with van der Waals surface area (Å²) in [4.78, 5) is 0. The van der Waals surface area contributed by atoms with Crippen molar-refractivity contribution in [3.63, 3.8) is 0 Å². The van der Waals surface area contributed by atoms with Gasteiger partial charge in [-0.25, -0.2) is 0 Å². The lowest BCUT2D eigenvalue weighted by molar-refractivity contribution is 0.572. The Morgan fingerprint density at radius 1 is 1.40 bits per heavy atom. The van der Waals surface area contributed by atoms with Crippen LogP contribution in [0.25, 0.3) is 0 Å². The highest BCUT2D eigenvalue weighted by molar-refractivity contribution is 9.10. The van der Waals surface area contributed by atoms with Crippen molar-refractivity contribution in [2.24, 2.45) is 7.05 Å². The number of benzene rings is 1. The predicted molar refractivity (Wildman–Crippen MR) is 84.3 cm³/mol. The van der Waals surface area contributed by atoms with Crippen LogP contribution in [0.5, 0.6) is 0 Å². The molecule has 0 fully saturated rings. The van der Waals surface area contributed by atoms with Crippen molar-refractivity contribution < 1.29 is 0 Å². The van der Waals surface area contributed by atoms with Gasteiger partial charge in [0.05, 0.1) is 0 Å². The second-order valence-electron chi connectivity index (χ2n) is 4.97. The van der Waals surface area contributed by atoms with Crippen molar-refractivity contribution in [1.29, 1.82) is 5.26 Å². The summed E-state index contributed by atoms with van der Waals surface area (Å²) in [6.45, 7) is 4.95. The lowest BCUT2D eigenvalue weighted by Crippen LogP contribution is -2.18. The fourth-order valence-corrected chi connectivity index (χ4v) is 2.62. The molecule has 3 nitrogen and oxygen atoms in total. The van der Waals surface area contributed by atoms with Gasteiger partial charge in [-0.05, 0) is 43.2 Å². The number of rotatable bonds is 4. The number of nitrogens with one attached hydrogen (secondary N) is 1. The van der Waals surface area contributed by atoms with E-state index in [9.17, 15) is 0 Å². The first-order valence-corrected chi connectivity index (χ1v) is 7.36. The molecule has 1 aromatic carbocycles. The molecule has 0 aliphatic heterocycles. The largest absolute Gasteiger partial charge is 0.340 e. The zero-order chi connectivity index (χ0) is 14.7. The van der Waals surface area contributed by atoms with Crippen molar-refractivity contribution >= 4 is 15.9 Å². The molecule has 4 heteroatoms. The van der Waals surface area contributed by atoms with Crippen LogP contribution in [0.1, 0.15) is 35.5 Å². The summed E-state index contributed by atoms with van der Waals surface area (Å²) in [5.41, 5.74) is 4.25. The molecular weight excluding hydrogens is 314 g/mol. The molecule has 0 bridgehead atoms. The normalized spacial score (nSPS) is 12.2. The maximum atomic E-state index is 9.05. The van der Waals surface area contributed by atoms with Gasteiger partial charge >= 0.3 is 0 Å². The molecule has 0 radical (unpaired) electrons. The van der Waals surface area contributed by atoms with Gasteiger partial charge in [0.2, 0.25) is 0 Å². The van der Waals surface area contributed by atoms with Gasteiger partial charge in [-0.2, -0.15) is 5.26 Å². The first kappa shape index (κ1) is 14.8. The third-order valence-electron chi connectivity index (χ3n) is 3.70. The number of halogens is 1. The Hall–Kier alpha value is -1.57. The van der Waals surface area contributed by atoms with Crippen LogP contribution in [0.3, 0.4) is 0 Å². The van der Waals surface area contributed by atoms with Gasteiger partial charge in [-0.1, -0.05) is 28.1 Å². The number of hydrogen-bond acceptors (Lipinski definition) is 2. The molecule has 104 valence electrons. The van der Waals surface area contributed by atoms with E-state index in [2.05, 4.69) is 46.4 Å². The molecule has 1 N–H and O–H groups in total. The van der Waals surface area contributed by atoms with Gasteiger partial charge < -0.3 is 9.88 Å². The monoisotopic (exact) mass is 331 g/mol. The van der Waals surface area contributed by atoms with E-state index in [1.165, 1.54) is 11.1 Å². The Balaban J connectivity index is 2.07. The van der Waals surface area contributed by atoms with Crippen molar-refractivity contribution in [3.8, 4) is 6.07 Å². The highest BCUT2D eigenvalue weighted by Crippen LogP contribution is 2.19. The average Bonchev–Trinajstić information content (AvgIpc) is 2.72. The minimum Gasteiger partial charge on any atom is -0.340 e. The standard InChI is InChI=1S/C16H18BrN3/c1-11(13-5-4-6-15(17)7-13)19-10-14-8-16(9-18)20(3)12(14)2/h4-8,11,19H,10H2,1-3H3/t11-/m0/s1. The summed E-state index contributed by atoms with van der Waals surface area (Å²) in [6.07, 6.45) is 0. The number of aromatic nitrogens is 1. The Morgan fingerprint density at radius 2 is 2.15 bits per heavy atom. The molecule has 0 unspecified atom stereocenters. The zero-order valence-corrected chi connectivity index (χ0v) is 13.5. The van der Waals surface area contributed by atoms with Gasteiger partial charge in [0.25, 0.3) is 0 Å². The Bertz CT molecular complexity index is 652. The first-order chi connectivity index (χ1) is 9.52. The van der Waals surface area contributed by atoms with Crippen LogP contribution in [-0.4, -0.2) is 4.57 Å². The number of hydrogen-bond donors (Lipinski definition) is 1. The van der Waals surface area contributed by atoms with E-state index in [-0.39, 0.29) is 6.04 Å². The molecule has 1 atom stereocenters. The van der Waals surface area contributed by atoms with Gasteiger partial charge in [-0.15, -0.1) is 0 Å². The lowest BCUT2D eigenvalue weighted by atomic mass is 10.1. The van der Waals surface area contributed by atoms with Gasteiger partial charge in [-0.3, -0.25) is 0 Å². The van der Waals surface area contributed by atoms with Crippen LogP contribution in [-0.2, 0) is 13.6 Å². The summed E-state index contributed by atoms with van der Waals surface area (Å²) in [5.74, 6) is 0. The van der Waals surface area contributed by atoms with E-state index in [1.54, 1.807) is 0 Å². The second kappa shape index (κ2) is 6.25. The molecule has 0 spiro atoms. The van der Waals surface area contributed by atoms with Crippen LogP contribution in [0.2, 0.25) is 0 Å². The number of nitriles is 1. The molecule has 0 saturated carbocycles. The van der Waals surface area contributed by atoms with Crippen molar-refractivity contribution in [2.45, 2.75) is 26.4 Å². The van der Waals surface area contributed by atoms with Crippen LogP contribution in [0.4, 0.5) is 0 Å². The van der Waals surface area contributed by atoms with E-state index in [4.69, 9.17) is 5.26 Å². The van der Waals surface area contributed by atoms with Gasteiger partial charge in [0.1, 0.15) is 11.8 Å². The molecule has 1 heterocycles. The van der Waals surface area contributed by atoms with Crippen LogP contribution >= 0.6 is 15.9 Å². The Labute approximate surface area is 128 Å². The predicted octanol–water partition coefficient (Wildman–Crippen LogP) is 3.82. The SMILES string of the molecule is Cc1c(CN[C@@H](C)c2cccc(Br)c2)cc(C#N)n1C. The summed E-state index contributed by atoms with van der Waals surface area (Å²) in [5, 5.41) is 12.6. The molecular formula is C16H18BrN3. The van der Waals surface area contributed by atoms with E-state index in [0.29, 0.717) is 5.69 Å². The third-order valence-corrected chi connectivity index (χ3v) is 4.20. The summed E-state index contributed by atoms with van der Waals surface area (Å²) in [6, 6.07) is 12.7. The molecule has 0 amide bonds. The van der Waals surface area contributed by atoms with Gasteiger partial charge in [0.15, 0.2) is 0 Å². The molecule has 2 rings (SSSR count). The fourth-order valence-electron chi connectivity index (χ4n) is 2.21. The molecule has 0 aliphatic rings. The Kier molecular flexibility index (Phi) is 4.64. The summed E-state index contributed by atoms with van der Waals surface area (Å²) >= 11 is 3.49. The molecule has 0 saturated heterocycles. The minimum absolute atomic E-state index is 0.262.